The fraction of sp³-hybridized carbons (Fsp3) is 0.680. The summed E-state index contributed by atoms with van der Waals surface area (Å²) in [6.45, 7) is 5.35. The Morgan fingerprint density at radius 2 is 1.86 bits per heavy atom. The molecular weight excluding hydrogens is 471 g/mol. The summed E-state index contributed by atoms with van der Waals surface area (Å²) in [4.78, 5) is 29.5. The van der Waals surface area contributed by atoms with Gasteiger partial charge in [-0.2, -0.15) is 0 Å². The molecule has 4 rings (SSSR count). The minimum Gasteiger partial charge on any atom is -0.389 e. The number of halogens is 1. The van der Waals surface area contributed by atoms with Crippen molar-refractivity contribution in [1.82, 2.24) is 15.1 Å². The summed E-state index contributed by atoms with van der Waals surface area (Å²) in [5.74, 6) is -0.437. The fourth-order valence-corrected chi connectivity index (χ4v) is 4.94. The van der Waals surface area contributed by atoms with Crippen molar-refractivity contribution in [2.24, 2.45) is 0 Å². The van der Waals surface area contributed by atoms with Gasteiger partial charge in [0.1, 0.15) is 11.9 Å². The highest BCUT2D eigenvalue weighted by atomic mass is 19.1. The van der Waals surface area contributed by atoms with Crippen LogP contribution in [0, 0.1) is 5.82 Å². The third-order valence-corrected chi connectivity index (χ3v) is 6.83. The van der Waals surface area contributed by atoms with Crippen LogP contribution < -0.4 is 10.6 Å². The first-order chi connectivity index (χ1) is 17.5. The average molecular weight is 509 g/mol. The molecule has 4 atom stereocenters. The molecule has 10 nitrogen and oxygen atoms in total. The molecule has 0 aliphatic carbocycles. The van der Waals surface area contributed by atoms with Crippen LogP contribution in [0.5, 0.6) is 0 Å². The quantitative estimate of drug-likeness (QED) is 0.475. The van der Waals surface area contributed by atoms with Gasteiger partial charge in [0.05, 0.1) is 57.6 Å². The number of hydrogen-bond acceptors (Lipinski definition) is 7. The van der Waals surface area contributed by atoms with E-state index in [4.69, 9.17) is 14.2 Å². The van der Waals surface area contributed by atoms with Gasteiger partial charge in [0.2, 0.25) is 5.91 Å². The number of nitrogens with one attached hydrogen (secondary N) is 2. The van der Waals surface area contributed by atoms with E-state index in [-0.39, 0.29) is 50.0 Å². The van der Waals surface area contributed by atoms with Crippen LogP contribution in [0.2, 0.25) is 0 Å². The number of anilines is 1. The minimum absolute atomic E-state index is 0.0477. The number of nitrogens with zero attached hydrogens (tertiary/aromatic N) is 2. The number of ether oxygens (including phenoxy) is 3. The van der Waals surface area contributed by atoms with Crippen molar-refractivity contribution in [2.45, 2.75) is 50.0 Å². The van der Waals surface area contributed by atoms with Crippen molar-refractivity contribution in [3.8, 4) is 0 Å². The maximum absolute atomic E-state index is 13.2. The van der Waals surface area contributed by atoms with Gasteiger partial charge in [-0.15, -0.1) is 0 Å². The molecule has 11 heteroatoms. The standard InChI is InChI=1S/C25H37FN4O6/c26-18-2-4-19(5-3-18)28-25(33)30-15-20(31)16-35-17-23-22(30)7-6-21(36-23)14-24(32)27-8-1-9-29-10-12-34-13-11-29/h2-5,20-23,31H,1,6-17H2,(H,27,32)(H,28,33)/t20-,21+,22+,23-/m1/s1. The summed E-state index contributed by atoms with van der Waals surface area (Å²) in [5.41, 5.74) is 0.464. The van der Waals surface area contributed by atoms with E-state index in [1.807, 2.05) is 0 Å². The summed E-state index contributed by atoms with van der Waals surface area (Å²) in [5, 5.41) is 16.0. The van der Waals surface area contributed by atoms with E-state index >= 15 is 0 Å². The van der Waals surface area contributed by atoms with Crippen molar-refractivity contribution in [3.05, 3.63) is 30.1 Å². The first kappa shape index (κ1) is 26.7. The van der Waals surface area contributed by atoms with Crippen molar-refractivity contribution in [2.75, 3.05) is 64.5 Å². The fourth-order valence-electron chi connectivity index (χ4n) is 4.94. The van der Waals surface area contributed by atoms with Gasteiger partial charge in [0.15, 0.2) is 0 Å². The molecule has 3 aliphatic rings. The zero-order valence-corrected chi connectivity index (χ0v) is 20.6. The number of carbonyl (C=O) groups is 2. The summed E-state index contributed by atoms with van der Waals surface area (Å²) in [6, 6.07) is 4.82. The van der Waals surface area contributed by atoms with Gasteiger partial charge in [-0.3, -0.25) is 9.69 Å². The largest absolute Gasteiger partial charge is 0.389 e. The number of urea groups is 1. The molecule has 0 spiro atoms. The SMILES string of the molecule is O=C(C[C@@H]1CC[C@H]2[C@@H](COC[C@H](O)CN2C(=O)Nc2ccc(F)cc2)O1)NCCCN1CCOCC1. The molecule has 3 saturated heterocycles. The summed E-state index contributed by atoms with van der Waals surface area (Å²) in [7, 11) is 0. The van der Waals surface area contributed by atoms with Gasteiger partial charge in [0.25, 0.3) is 0 Å². The van der Waals surface area contributed by atoms with Crippen LogP contribution in [0.25, 0.3) is 0 Å². The Kier molecular flexibility index (Phi) is 9.88. The van der Waals surface area contributed by atoms with Crippen LogP contribution in [-0.4, -0.2) is 110 Å². The summed E-state index contributed by atoms with van der Waals surface area (Å²) >= 11 is 0. The molecular formula is C25H37FN4O6. The molecule has 3 N–H and O–H groups in total. The van der Waals surface area contributed by atoms with Crippen LogP contribution in [0.3, 0.4) is 0 Å². The third kappa shape index (κ3) is 7.84. The lowest BCUT2D eigenvalue weighted by Gasteiger charge is -2.44. The normalized spacial score (nSPS) is 27.4. The predicted molar refractivity (Wildman–Crippen MR) is 130 cm³/mol. The smallest absolute Gasteiger partial charge is 0.322 e. The van der Waals surface area contributed by atoms with Crippen LogP contribution in [0.15, 0.2) is 24.3 Å². The summed E-state index contributed by atoms with van der Waals surface area (Å²) in [6.07, 6.45) is 0.864. The number of aliphatic hydroxyl groups excluding tert-OH is 1. The average Bonchev–Trinajstić information content (AvgIpc) is 2.86. The molecule has 0 radical (unpaired) electrons. The Bertz CT molecular complexity index is 853. The molecule has 3 amide bonds. The monoisotopic (exact) mass is 508 g/mol. The number of aliphatic hydroxyl groups is 1. The second-order valence-electron chi connectivity index (χ2n) is 9.58. The topological polar surface area (TPSA) is 113 Å². The van der Waals surface area contributed by atoms with Crippen molar-refractivity contribution in [1.29, 1.82) is 0 Å². The van der Waals surface area contributed by atoms with Gasteiger partial charge in [-0.1, -0.05) is 0 Å². The second kappa shape index (κ2) is 13.3. The molecule has 3 aliphatic heterocycles. The van der Waals surface area contributed by atoms with Gasteiger partial charge in [-0.05, 0) is 50.1 Å². The molecule has 1 aromatic carbocycles. The lowest BCUT2D eigenvalue weighted by atomic mass is 9.95. The second-order valence-corrected chi connectivity index (χ2v) is 9.58. The van der Waals surface area contributed by atoms with Crippen molar-refractivity contribution < 1.29 is 33.3 Å². The zero-order valence-electron chi connectivity index (χ0n) is 20.6. The van der Waals surface area contributed by atoms with E-state index in [1.165, 1.54) is 24.3 Å². The Morgan fingerprint density at radius 3 is 2.64 bits per heavy atom. The predicted octanol–water partition coefficient (Wildman–Crippen LogP) is 1.20. The van der Waals surface area contributed by atoms with Gasteiger partial charge in [0, 0.05) is 25.3 Å². The van der Waals surface area contributed by atoms with E-state index in [0.29, 0.717) is 25.1 Å². The number of carbonyl (C=O) groups excluding carboxylic acids is 2. The zero-order chi connectivity index (χ0) is 25.3. The first-order valence-electron chi connectivity index (χ1n) is 12.8. The summed E-state index contributed by atoms with van der Waals surface area (Å²) < 4.78 is 30.4. The molecule has 0 bridgehead atoms. The maximum atomic E-state index is 13.2. The van der Waals surface area contributed by atoms with Crippen LogP contribution in [0.1, 0.15) is 25.7 Å². The Hall–Kier alpha value is -2.31. The Labute approximate surface area is 211 Å². The minimum atomic E-state index is -0.828. The number of rotatable bonds is 7. The first-order valence-corrected chi connectivity index (χ1v) is 12.8. The molecule has 0 aromatic heterocycles. The Morgan fingerprint density at radius 1 is 1.08 bits per heavy atom. The van der Waals surface area contributed by atoms with Crippen LogP contribution >= 0.6 is 0 Å². The van der Waals surface area contributed by atoms with Crippen molar-refractivity contribution >= 4 is 17.6 Å². The number of hydrogen-bond donors (Lipinski definition) is 3. The van der Waals surface area contributed by atoms with E-state index in [1.54, 1.807) is 4.90 Å². The number of morpholine rings is 1. The van der Waals surface area contributed by atoms with Crippen LogP contribution in [0.4, 0.5) is 14.9 Å². The molecule has 36 heavy (non-hydrogen) atoms. The highest BCUT2D eigenvalue weighted by molar-refractivity contribution is 5.89. The van der Waals surface area contributed by atoms with Crippen LogP contribution in [-0.2, 0) is 19.0 Å². The van der Waals surface area contributed by atoms with Gasteiger partial charge < -0.3 is 34.9 Å². The number of benzene rings is 1. The molecule has 1 aromatic rings. The van der Waals surface area contributed by atoms with Crippen molar-refractivity contribution in [3.63, 3.8) is 0 Å². The lowest BCUT2D eigenvalue weighted by Crippen LogP contribution is -2.58. The number of fused-ring (bicyclic) bond motifs is 1. The molecule has 0 saturated carbocycles. The highest BCUT2D eigenvalue weighted by Gasteiger charge is 2.40. The highest BCUT2D eigenvalue weighted by Crippen LogP contribution is 2.28. The maximum Gasteiger partial charge on any atom is 0.322 e. The van der Waals surface area contributed by atoms with Gasteiger partial charge in [-0.25, -0.2) is 9.18 Å². The number of amides is 3. The molecule has 3 heterocycles. The van der Waals surface area contributed by atoms with E-state index in [9.17, 15) is 19.1 Å². The molecule has 3 fully saturated rings. The van der Waals surface area contributed by atoms with E-state index in [2.05, 4.69) is 15.5 Å². The Balaban J connectivity index is 1.26. The van der Waals surface area contributed by atoms with E-state index in [0.717, 1.165) is 39.3 Å². The molecule has 0 unspecified atom stereocenters. The lowest BCUT2D eigenvalue weighted by molar-refractivity contribution is -0.149. The number of β-amino-alcohol motifs (C(OH)–C–C–N with tert-alkyl or cyclic N) is 1. The third-order valence-electron chi connectivity index (χ3n) is 6.83. The van der Waals surface area contributed by atoms with Gasteiger partial charge >= 0.3 is 6.03 Å². The van der Waals surface area contributed by atoms with E-state index < -0.39 is 18.2 Å². The molecule has 200 valence electrons.